The molecule has 0 aromatic heterocycles. The molecule has 0 aromatic rings. The zero-order valence-electron chi connectivity index (χ0n) is 30.2. The molecular formula is C38H74P4. The van der Waals surface area contributed by atoms with E-state index < -0.39 is 0 Å². The summed E-state index contributed by atoms with van der Waals surface area (Å²) in [4.78, 5) is 0. The van der Waals surface area contributed by atoms with Crippen molar-refractivity contribution in [1.29, 1.82) is 0 Å². The molecule has 0 saturated carbocycles. The van der Waals surface area contributed by atoms with Crippen LogP contribution in [0.4, 0.5) is 0 Å². The van der Waals surface area contributed by atoms with Crippen LogP contribution in [-0.2, 0) is 0 Å². The lowest BCUT2D eigenvalue weighted by Crippen LogP contribution is -2.31. The molecule has 4 fully saturated rings. The van der Waals surface area contributed by atoms with E-state index in [1.807, 2.05) is 0 Å². The average Bonchev–Trinajstić information content (AvgIpc) is 3.80. The third-order valence-corrected chi connectivity index (χ3v) is 31.8. The van der Waals surface area contributed by atoms with Gasteiger partial charge in [-0.05, 0) is 164 Å². The largest absolute Gasteiger partial charge is 0.0968 e. The summed E-state index contributed by atoms with van der Waals surface area (Å²) in [7, 11) is 0.728. The topological polar surface area (TPSA) is 0 Å². The van der Waals surface area contributed by atoms with E-state index in [0.29, 0.717) is 0 Å². The van der Waals surface area contributed by atoms with Gasteiger partial charge >= 0.3 is 0 Å². The smallest absolute Gasteiger partial charge is 0.00241 e. The first-order valence-electron chi connectivity index (χ1n) is 19.4. The highest BCUT2D eigenvalue weighted by atomic mass is 31.2. The standard InChI is InChI=1S/C38H74P4/c1-12-29-20-21-30(13-2)39(29)26(9)27(10)40-33(16-5)24-35(37(40)18-7)36-25-34(17-6)42(38(36)19-8)28(11)41-31(14-3)22-23-32(41)15-4/h26-38H,12-25H2,1-11H3/t26-,27-,28?,29+,30+,31+,32+,33+,34+,35?,36?,37+,38+,40?,42?/m0/s1. The highest BCUT2D eigenvalue weighted by Gasteiger charge is 2.55. The zero-order valence-corrected chi connectivity index (χ0v) is 33.8. The fourth-order valence-electron chi connectivity index (χ4n) is 11.6. The Morgan fingerprint density at radius 2 is 0.738 bits per heavy atom. The molecule has 4 aliphatic rings. The van der Waals surface area contributed by atoms with Crippen molar-refractivity contribution < 1.29 is 0 Å². The molecule has 4 saturated heterocycles. The minimum atomic E-state index is 0.134. The molecule has 4 heterocycles. The van der Waals surface area contributed by atoms with E-state index in [1.165, 1.54) is 51.4 Å². The van der Waals surface area contributed by atoms with E-state index in [0.717, 1.165) is 73.8 Å². The minimum Gasteiger partial charge on any atom is -0.0968 e. The van der Waals surface area contributed by atoms with Gasteiger partial charge in [0.1, 0.15) is 0 Å². The third kappa shape index (κ3) is 6.96. The molecule has 0 N–H and O–H groups in total. The van der Waals surface area contributed by atoms with Gasteiger partial charge in [0.15, 0.2) is 0 Å². The summed E-state index contributed by atoms with van der Waals surface area (Å²) in [6.45, 7) is 28.9. The lowest BCUT2D eigenvalue weighted by Gasteiger charge is -2.42. The molecule has 42 heavy (non-hydrogen) atoms. The first-order chi connectivity index (χ1) is 20.3. The SMILES string of the molecule is CC[C@@H]1CC[C@@H](CC)P1C(C)P1[C@H](CC)CC(C2C[C@@H](CC)P([C@@H](C)[C@H](C)P3[C@H](CC)CC[C@H]3CC)[C@@H]2CC)[C@H]1CC. The Bertz CT molecular complexity index is 778. The fourth-order valence-corrected chi connectivity index (χ4v) is 32.0. The molecule has 4 aliphatic heterocycles. The van der Waals surface area contributed by atoms with Gasteiger partial charge in [0, 0.05) is 0 Å². The fraction of sp³-hybridized carbons (Fsp3) is 1.00. The molecule has 0 aliphatic carbocycles. The second-order valence-corrected chi connectivity index (χ2v) is 28.1. The summed E-state index contributed by atoms with van der Waals surface area (Å²) < 4.78 is 0. The minimum absolute atomic E-state index is 0.134. The van der Waals surface area contributed by atoms with Crippen molar-refractivity contribution in [2.24, 2.45) is 11.8 Å². The van der Waals surface area contributed by atoms with Gasteiger partial charge in [0.05, 0.1) is 0 Å². The van der Waals surface area contributed by atoms with Crippen LogP contribution in [0.3, 0.4) is 0 Å². The summed E-state index contributed by atoms with van der Waals surface area (Å²) in [6.07, 6.45) is 21.2. The van der Waals surface area contributed by atoms with Gasteiger partial charge < -0.3 is 0 Å². The van der Waals surface area contributed by atoms with E-state index in [4.69, 9.17) is 0 Å². The lowest BCUT2D eigenvalue weighted by atomic mass is 9.79. The molecule has 0 radical (unpaired) electrons. The summed E-state index contributed by atoms with van der Waals surface area (Å²) in [5.41, 5.74) is 10.6. The van der Waals surface area contributed by atoms with Crippen LogP contribution in [-0.4, -0.2) is 62.0 Å². The number of hydrogen-bond acceptors (Lipinski definition) is 0. The quantitative estimate of drug-likeness (QED) is 0.164. The first kappa shape index (κ1) is 36.6. The Balaban J connectivity index is 1.59. The molecule has 0 amide bonds. The summed E-state index contributed by atoms with van der Waals surface area (Å²) in [5, 5.41) is 1.07. The Morgan fingerprint density at radius 1 is 0.405 bits per heavy atom. The van der Waals surface area contributed by atoms with Crippen LogP contribution in [0.5, 0.6) is 0 Å². The highest BCUT2D eigenvalue weighted by Crippen LogP contribution is 2.78. The predicted octanol–water partition coefficient (Wildman–Crippen LogP) is 13.9. The van der Waals surface area contributed by atoms with Crippen LogP contribution in [0.25, 0.3) is 0 Å². The molecule has 246 valence electrons. The van der Waals surface area contributed by atoms with Crippen molar-refractivity contribution in [1.82, 2.24) is 0 Å². The van der Waals surface area contributed by atoms with Gasteiger partial charge in [-0.3, -0.25) is 0 Å². The lowest BCUT2D eigenvalue weighted by molar-refractivity contribution is 0.293. The van der Waals surface area contributed by atoms with Crippen molar-refractivity contribution >= 4 is 31.7 Å². The molecule has 0 spiro atoms. The molecular weight excluding hydrogens is 580 g/mol. The highest BCUT2D eigenvalue weighted by molar-refractivity contribution is 7.77. The third-order valence-electron chi connectivity index (χ3n) is 13.8. The van der Waals surface area contributed by atoms with Gasteiger partial charge in [-0.2, -0.15) is 0 Å². The summed E-state index contributed by atoms with van der Waals surface area (Å²) >= 11 is 0. The Kier molecular flexibility index (Phi) is 14.5. The Morgan fingerprint density at radius 3 is 1.12 bits per heavy atom. The van der Waals surface area contributed by atoms with Crippen molar-refractivity contribution in [2.45, 2.75) is 228 Å². The van der Waals surface area contributed by atoms with Crippen molar-refractivity contribution in [3.8, 4) is 0 Å². The van der Waals surface area contributed by atoms with Crippen LogP contribution in [0, 0.1) is 11.8 Å². The van der Waals surface area contributed by atoms with E-state index in [2.05, 4.69) is 76.2 Å². The maximum absolute atomic E-state index is 2.83. The van der Waals surface area contributed by atoms with Gasteiger partial charge in [0.2, 0.25) is 0 Å². The zero-order chi connectivity index (χ0) is 30.7. The van der Waals surface area contributed by atoms with Gasteiger partial charge in [-0.15, -0.1) is 0 Å². The molecule has 4 heteroatoms. The van der Waals surface area contributed by atoms with Crippen molar-refractivity contribution in [2.75, 3.05) is 0 Å². The predicted molar refractivity (Wildman–Crippen MR) is 203 cm³/mol. The molecule has 0 nitrogen and oxygen atoms in total. The Hall–Kier alpha value is 1.72. The molecule has 15 atom stereocenters. The second kappa shape index (κ2) is 16.7. The van der Waals surface area contributed by atoms with Crippen molar-refractivity contribution in [3.63, 3.8) is 0 Å². The number of hydrogen-bond donors (Lipinski definition) is 0. The number of rotatable bonds is 14. The maximum atomic E-state index is 2.83. The van der Waals surface area contributed by atoms with E-state index >= 15 is 0 Å². The van der Waals surface area contributed by atoms with Gasteiger partial charge in [-0.1, -0.05) is 108 Å². The normalized spacial score (nSPS) is 43.8. The van der Waals surface area contributed by atoms with Gasteiger partial charge in [0.25, 0.3) is 0 Å². The molecule has 4 rings (SSSR count). The summed E-state index contributed by atoms with van der Waals surface area (Å²) in [6, 6.07) is 0. The van der Waals surface area contributed by atoms with Crippen LogP contribution in [0.2, 0.25) is 0 Å². The van der Waals surface area contributed by atoms with E-state index in [-0.39, 0.29) is 31.7 Å². The second-order valence-electron chi connectivity index (χ2n) is 15.2. The molecule has 5 unspecified atom stereocenters. The average molecular weight is 655 g/mol. The maximum Gasteiger partial charge on any atom is -0.00241 e. The van der Waals surface area contributed by atoms with E-state index in [9.17, 15) is 0 Å². The summed E-state index contributed by atoms with van der Waals surface area (Å²) in [5.74, 6) is 2.12. The molecule has 0 bridgehead atoms. The van der Waals surface area contributed by atoms with Crippen molar-refractivity contribution in [3.05, 3.63) is 0 Å². The van der Waals surface area contributed by atoms with Gasteiger partial charge in [-0.25, -0.2) is 0 Å². The first-order valence-corrected chi connectivity index (χ1v) is 25.5. The monoisotopic (exact) mass is 654 g/mol. The van der Waals surface area contributed by atoms with Crippen LogP contribution in [0.15, 0.2) is 0 Å². The van der Waals surface area contributed by atoms with E-state index in [1.54, 1.807) is 38.5 Å². The Labute approximate surface area is 270 Å². The van der Waals surface area contributed by atoms with Crippen LogP contribution >= 0.6 is 31.7 Å². The van der Waals surface area contributed by atoms with Crippen LogP contribution < -0.4 is 0 Å². The van der Waals surface area contributed by atoms with Crippen LogP contribution in [0.1, 0.15) is 166 Å². The molecule has 0 aromatic carbocycles.